The zero-order valence-electron chi connectivity index (χ0n) is 19.5. The van der Waals surface area contributed by atoms with Crippen LogP contribution < -0.4 is 15.4 Å². The van der Waals surface area contributed by atoms with Crippen molar-refractivity contribution in [2.75, 3.05) is 11.5 Å². The summed E-state index contributed by atoms with van der Waals surface area (Å²) in [6.45, 7) is 0.950. The smallest absolute Gasteiger partial charge is 0.376 e. The lowest BCUT2D eigenvalue weighted by Gasteiger charge is -2.32. The van der Waals surface area contributed by atoms with E-state index in [9.17, 15) is 33.7 Å². The molecule has 12 heteroatoms. The molecule has 196 valence electrons. The molecular formula is C25H22Cl2F2N2O6. The maximum Gasteiger partial charge on any atom is 0.376 e. The number of hydrogen-bond donors (Lipinski definition) is 4. The van der Waals surface area contributed by atoms with Gasteiger partial charge >= 0.3 is 6.10 Å². The van der Waals surface area contributed by atoms with Crippen LogP contribution in [0.25, 0.3) is 11.1 Å². The van der Waals surface area contributed by atoms with Gasteiger partial charge < -0.3 is 25.8 Å². The Morgan fingerprint density at radius 3 is 2.27 bits per heavy atom. The maximum atomic E-state index is 13.7. The Kier molecular flexibility index (Phi) is 8.11. The van der Waals surface area contributed by atoms with E-state index >= 15 is 0 Å². The van der Waals surface area contributed by atoms with Gasteiger partial charge in [-0.25, -0.2) is 13.7 Å². The molecule has 0 aliphatic heterocycles. The van der Waals surface area contributed by atoms with Gasteiger partial charge in [-0.2, -0.15) is 0 Å². The second kappa shape index (κ2) is 10.6. The standard InChI is InChI=1S/C25H22Cl2F2N2O6/c1-13-4-3-5-18(27)21(13)23(33)31(25(34,35)36)19-9-7-14(11-20(19)37-12-24(2,28)29)16-10-15(22(30)32)6-8-17(16)26/h3-11,34-36H,12H2,1-2H3,(H2,30,32). The Bertz CT molecular complexity index is 1340. The molecule has 0 saturated carbocycles. The van der Waals surface area contributed by atoms with Crippen LogP contribution in [0.4, 0.5) is 14.5 Å². The number of amides is 2. The summed E-state index contributed by atoms with van der Waals surface area (Å²) in [7, 11) is 0. The largest absolute Gasteiger partial charge is 0.485 e. The summed E-state index contributed by atoms with van der Waals surface area (Å²) in [5, 5.41) is 30.5. The van der Waals surface area contributed by atoms with Crippen molar-refractivity contribution in [3.8, 4) is 16.9 Å². The van der Waals surface area contributed by atoms with Crippen LogP contribution >= 0.6 is 23.2 Å². The van der Waals surface area contributed by atoms with E-state index in [2.05, 4.69) is 0 Å². The minimum atomic E-state index is -3.79. The number of nitrogens with two attached hydrogens (primary N) is 1. The lowest BCUT2D eigenvalue weighted by molar-refractivity contribution is -0.304. The highest BCUT2D eigenvalue weighted by Gasteiger charge is 2.39. The molecule has 0 aromatic heterocycles. The van der Waals surface area contributed by atoms with Crippen molar-refractivity contribution >= 4 is 40.7 Å². The topological polar surface area (TPSA) is 133 Å². The number of alkyl halides is 2. The average Bonchev–Trinajstić information content (AvgIpc) is 2.77. The van der Waals surface area contributed by atoms with Gasteiger partial charge in [-0.05, 0) is 54.4 Å². The monoisotopic (exact) mass is 554 g/mol. The minimum Gasteiger partial charge on any atom is -0.485 e. The number of primary amides is 1. The Morgan fingerprint density at radius 2 is 1.70 bits per heavy atom. The zero-order valence-corrected chi connectivity index (χ0v) is 21.0. The number of anilines is 1. The van der Waals surface area contributed by atoms with Crippen molar-refractivity contribution in [3.05, 3.63) is 81.3 Å². The summed E-state index contributed by atoms with van der Waals surface area (Å²) in [6.07, 6.45) is -3.79. The van der Waals surface area contributed by atoms with Crippen LogP contribution in [-0.4, -0.2) is 45.8 Å². The van der Waals surface area contributed by atoms with Gasteiger partial charge in [0, 0.05) is 23.1 Å². The Labute approximate surface area is 220 Å². The predicted octanol–water partition coefficient (Wildman–Crippen LogP) is 4.34. The van der Waals surface area contributed by atoms with E-state index in [1.165, 1.54) is 49.4 Å². The number of rotatable bonds is 8. The number of carbonyl (C=O) groups excluding carboxylic acids is 2. The molecule has 3 rings (SSSR count). The van der Waals surface area contributed by atoms with Gasteiger partial charge in [0.05, 0.1) is 16.3 Å². The van der Waals surface area contributed by atoms with E-state index in [1.807, 2.05) is 0 Å². The number of benzene rings is 3. The quantitative estimate of drug-likeness (QED) is 0.306. The molecule has 0 fully saturated rings. The van der Waals surface area contributed by atoms with E-state index in [0.717, 1.165) is 6.07 Å². The van der Waals surface area contributed by atoms with Crippen LogP contribution in [0.5, 0.6) is 5.75 Å². The Balaban J connectivity index is 2.23. The second-order valence-corrected chi connectivity index (χ2v) is 9.09. The molecule has 0 bridgehead atoms. The fraction of sp³-hybridized carbons (Fsp3) is 0.200. The summed E-state index contributed by atoms with van der Waals surface area (Å²) in [5.74, 6) is -5.67. The third kappa shape index (κ3) is 6.54. The third-order valence-corrected chi connectivity index (χ3v) is 5.83. The lowest BCUT2D eigenvalue weighted by atomic mass is 10.0. The van der Waals surface area contributed by atoms with Crippen LogP contribution in [-0.2, 0) is 0 Å². The molecule has 0 heterocycles. The highest BCUT2D eigenvalue weighted by atomic mass is 35.5. The maximum absolute atomic E-state index is 13.7. The number of carbonyl (C=O) groups is 2. The van der Waals surface area contributed by atoms with Crippen molar-refractivity contribution in [1.82, 2.24) is 0 Å². The number of halogens is 4. The average molecular weight is 555 g/mol. The van der Waals surface area contributed by atoms with Crippen LogP contribution in [0.3, 0.4) is 0 Å². The summed E-state index contributed by atoms with van der Waals surface area (Å²) < 4.78 is 32.6. The summed E-state index contributed by atoms with van der Waals surface area (Å²) in [5.41, 5.74) is 5.62. The van der Waals surface area contributed by atoms with E-state index in [4.69, 9.17) is 33.7 Å². The number of nitrogens with zero attached hydrogens (tertiary/aromatic N) is 1. The molecule has 3 aromatic carbocycles. The molecular weight excluding hydrogens is 533 g/mol. The van der Waals surface area contributed by atoms with Gasteiger partial charge in [0.15, 0.2) is 6.61 Å². The van der Waals surface area contributed by atoms with Crippen LogP contribution in [0.2, 0.25) is 10.0 Å². The van der Waals surface area contributed by atoms with Crippen LogP contribution in [0.15, 0.2) is 54.6 Å². The minimum absolute atomic E-state index is 0.0616. The van der Waals surface area contributed by atoms with E-state index < -0.39 is 41.9 Å². The molecule has 0 radical (unpaired) electrons. The first-order valence-corrected chi connectivity index (χ1v) is 11.4. The number of hydrogen-bond acceptors (Lipinski definition) is 6. The molecule has 5 N–H and O–H groups in total. The SMILES string of the molecule is Cc1cccc(Cl)c1C(=O)N(c1ccc(-c2cc(C(N)=O)ccc2Cl)cc1OCC(C)(F)F)C(O)(O)O. The molecule has 8 nitrogen and oxygen atoms in total. The summed E-state index contributed by atoms with van der Waals surface area (Å²) >= 11 is 12.4. The van der Waals surface area contributed by atoms with E-state index in [0.29, 0.717) is 12.5 Å². The number of aliphatic hydroxyl groups is 3. The van der Waals surface area contributed by atoms with Gasteiger partial charge in [0.1, 0.15) is 5.75 Å². The van der Waals surface area contributed by atoms with E-state index in [1.54, 1.807) is 6.07 Å². The molecule has 0 aliphatic rings. The fourth-order valence-corrected chi connectivity index (χ4v) is 4.04. The van der Waals surface area contributed by atoms with E-state index in [-0.39, 0.29) is 37.2 Å². The molecule has 0 atom stereocenters. The predicted molar refractivity (Wildman–Crippen MR) is 134 cm³/mol. The molecule has 0 unspecified atom stereocenters. The fourth-order valence-electron chi connectivity index (χ4n) is 3.51. The van der Waals surface area contributed by atoms with Gasteiger partial charge in [-0.15, -0.1) is 0 Å². The Morgan fingerprint density at radius 1 is 1.03 bits per heavy atom. The van der Waals surface area contributed by atoms with Crippen molar-refractivity contribution in [3.63, 3.8) is 0 Å². The zero-order chi connectivity index (χ0) is 27.7. The third-order valence-electron chi connectivity index (χ3n) is 5.18. The molecule has 3 aromatic rings. The Hall–Kier alpha value is -3.28. The molecule has 2 amide bonds. The van der Waals surface area contributed by atoms with Crippen LogP contribution in [0.1, 0.15) is 33.2 Å². The number of aryl methyl sites for hydroxylation is 1. The van der Waals surface area contributed by atoms with Crippen molar-refractivity contribution in [2.24, 2.45) is 5.73 Å². The molecule has 0 aliphatic carbocycles. The lowest BCUT2D eigenvalue weighted by Crippen LogP contribution is -2.52. The number of ether oxygens (including phenoxy) is 1. The van der Waals surface area contributed by atoms with Gasteiger partial charge in [-0.3, -0.25) is 9.59 Å². The molecule has 37 heavy (non-hydrogen) atoms. The summed E-state index contributed by atoms with van der Waals surface area (Å²) in [6, 6.07) is 12.2. The first-order valence-electron chi connectivity index (χ1n) is 10.6. The summed E-state index contributed by atoms with van der Waals surface area (Å²) in [4.78, 5) is 25.2. The molecule has 0 saturated heterocycles. The molecule has 0 spiro atoms. The first kappa shape index (κ1) is 28.3. The van der Waals surface area contributed by atoms with Crippen LogP contribution in [0, 0.1) is 6.92 Å². The van der Waals surface area contributed by atoms with Gasteiger partial charge in [0.2, 0.25) is 5.91 Å². The van der Waals surface area contributed by atoms with Gasteiger partial charge in [-0.1, -0.05) is 41.4 Å². The highest BCUT2D eigenvalue weighted by Crippen LogP contribution is 2.39. The normalized spacial score (nSPS) is 11.8. The van der Waals surface area contributed by atoms with Crippen molar-refractivity contribution in [1.29, 1.82) is 0 Å². The van der Waals surface area contributed by atoms with Gasteiger partial charge in [0.25, 0.3) is 11.8 Å². The highest BCUT2D eigenvalue weighted by molar-refractivity contribution is 6.35. The van der Waals surface area contributed by atoms with Crippen molar-refractivity contribution in [2.45, 2.75) is 25.9 Å². The van der Waals surface area contributed by atoms with Crippen molar-refractivity contribution < 1.29 is 38.4 Å². The first-order chi connectivity index (χ1) is 17.1. The second-order valence-electron chi connectivity index (χ2n) is 8.27.